The van der Waals surface area contributed by atoms with Crippen molar-refractivity contribution in [1.29, 1.82) is 0 Å². The fourth-order valence-electron chi connectivity index (χ4n) is 6.66. The van der Waals surface area contributed by atoms with E-state index in [1.807, 2.05) is 18.1 Å². The Balaban J connectivity index is 3.23. The average molecular weight is 563 g/mol. The van der Waals surface area contributed by atoms with Crippen molar-refractivity contribution in [3.05, 3.63) is 18.1 Å². The summed E-state index contributed by atoms with van der Waals surface area (Å²) in [5.74, 6) is 2.13. The second-order valence-corrected chi connectivity index (χ2v) is 25.3. The van der Waals surface area contributed by atoms with Crippen LogP contribution in [0.15, 0.2) is 18.1 Å². The Morgan fingerprint density at radius 2 is 0.879 bits per heavy atom. The molecule has 1 heterocycles. The zero-order valence-corrected chi connectivity index (χ0v) is 27.6. The number of rotatable bonds is 17. The van der Waals surface area contributed by atoms with Crippen LogP contribution in [0, 0.1) is 11.8 Å². The molecule has 1 aliphatic rings. The van der Waals surface area contributed by atoms with Crippen LogP contribution in [0.3, 0.4) is 0 Å². The molecule has 0 amide bonds. The molecule has 0 saturated heterocycles. The van der Waals surface area contributed by atoms with Crippen molar-refractivity contribution in [2.45, 2.75) is 161 Å². The molecule has 0 unspecified atom stereocenters. The summed E-state index contributed by atoms with van der Waals surface area (Å²) in [5.41, 5.74) is 3.82. The summed E-state index contributed by atoms with van der Waals surface area (Å²) in [7, 11) is 0. The van der Waals surface area contributed by atoms with Crippen LogP contribution in [0.5, 0.6) is 0 Å². The molecule has 0 nitrogen and oxygen atoms in total. The number of allylic oxidation sites excluding steroid dienone is 4. The Kier molecular flexibility index (Phi) is 15.4. The van der Waals surface area contributed by atoms with Crippen LogP contribution >= 0.6 is 0 Å². The second-order valence-electron chi connectivity index (χ2n) is 12.6. The molecule has 33 heavy (non-hydrogen) atoms. The summed E-state index contributed by atoms with van der Waals surface area (Å²) in [6.07, 6.45) is 19.9. The van der Waals surface area contributed by atoms with Gasteiger partial charge in [-0.1, -0.05) is 0 Å². The van der Waals surface area contributed by atoms with Crippen molar-refractivity contribution in [1.82, 2.24) is 0 Å². The molecule has 0 aliphatic carbocycles. The molecule has 192 valence electrons. The number of hydrogen-bond donors (Lipinski definition) is 0. The van der Waals surface area contributed by atoms with Gasteiger partial charge >= 0.3 is 216 Å². The van der Waals surface area contributed by atoms with Gasteiger partial charge in [0.15, 0.2) is 0 Å². The van der Waals surface area contributed by atoms with Crippen LogP contribution < -0.4 is 0 Å². The van der Waals surface area contributed by atoms with E-state index in [0.29, 0.717) is 18.5 Å². The zero-order valence-electron chi connectivity index (χ0n) is 24.7. The summed E-state index contributed by atoms with van der Waals surface area (Å²) >= 11 is -2.51. The summed E-state index contributed by atoms with van der Waals surface area (Å²) in [5, 5.41) is 0. The number of unbranched alkanes of at least 4 members (excludes halogenated alkanes) is 10. The quantitative estimate of drug-likeness (QED) is 0.122. The van der Waals surface area contributed by atoms with E-state index in [0.717, 1.165) is 5.82 Å². The third-order valence-corrected chi connectivity index (χ3v) is 20.0. The van der Waals surface area contributed by atoms with Gasteiger partial charge in [-0.3, -0.25) is 0 Å². The maximum atomic E-state index is 2.80. The molecule has 0 aromatic rings. The fourth-order valence-corrected chi connectivity index (χ4v) is 18.9. The molecule has 0 spiro atoms. The summed E-state index contributed by atoms with van der Waals surface area (Å²) < 4.78 is 4.08. The molecule has 0 aromatic carbocycles. The van der Waals surface area contributed by atoms with Crippen LogP contribution in [0.2, 0.25) is 15.7 Å². The maximum absolute atomic E-state index is 2.80. The SMILES string of the molecule is CCCCCCCC[C]1=C(C(C)C)B(C(C)C)C(C(C)C)=[C](CCCCCCCC)[Sn]1([CH3])[CH3]. The van der Waals surface area contributed by atoms with Gasteiger partial charge in [0.25, 0.3) is 0 Å². The molecule has 0 bridgehead atoms. The summed E-state index contributed by atoms with van der Waals surface area (Å²) in [6.45, 7) is 20.4. The van der Waals surface area contributed by atoms with Gasteiger partial charge in [-0.2, -0.15) is 0 Å². The first-order valence-corrected chi connectivity index (χ1v) is 23.6. The van der Waals surface area contributed by atoms with Gasteiger partial charge in [-0.05, 0) is 0 Å². The second kappa shape index (κ2) is 16.2. The zero-order chi connectivity index (χ0) is 25.0. The molecular formula is C31H61BSn. The first-order valence-electron chi connectivity index (χ1n) is 15.1. The van der Waals surface area contributed by atoms with Crippen molar-refractivity contribution < 1.29 is 0 Å². The molecule has 0 radical (unpaired) electrons. The minimum absolute atomic E-state index is 0.702. The average Bonchev–Trinajstić information content (AvgIpc) is 2.73. The molecule has 0 N–H and O–H groups in total. The van der Waals surface area contributed by atoms with Crippen molar-refractivity contribution in [3.63, 3.8) is 0 Å². The third-order valence-electron chi connectivity index (χ3n) is 8.35. The van der Waals surface area contributed by atoms with Crippen molar-refractivity contribution in [2.24, 2.45) is 11.8 Å². The van der Waals surface area contributed by atoms with Gasteiger partial charge in [-0.15, -0.1) is 0 Å². The van der Waals surface area contributed by atoms with Gasteiger partial charge in [0.2, 0.25) is 0 Å². The Labute approximate surface area is 215 Å². The van der Waals surface area contributed by atoms with Crippen LogP contribution in [-0.2, 0) is 0 Å². The van der Waals surface area contributed by atoms with Gasteiger partial charge in [0.05, 0.1) is 0 Å². The van der Waals surface area contributed by atoms with Gasteiger partial charge in [0, 0.05) is 0 Å². The predicted molar refractivity (Wildman–Crippen MR) is 158 cm³/mol. The van der Waals surface area contributed by atoms with Gasteiger partial charge in [-0.25, -0.2) is 0 Å². The standard InChI is InChI=1S/C29H55B.2CH3.Sn/c1-9-11-13-15-17-19-21-23-28(25(3)4)30(27(7)8)29(26(5)6)24-22-20-18-16-14-12-10-2;;;/h25-27H,9-22H2,1-8H3;2*1H3;. The van der Waals surface area contributed by atoms with Gasteiger partial charge in [0.1, 0.15) is 0 Å². The van der Waals surface area contributed by atoms with Crippen LogP contribution in [0.4, 0.5) is 0 Å². The van der Waals surface area contributed by atoms with Crippen LogP contribution in [0.1, 0.15) is 145 Å². The molecule has 1 aliphatic heterocycles. The minimum atomic E-state index is -2.51. The van der Waals surface area contributed by atoms with E-state index in [4.69, 9.17) is 0 Å². The van der Waals surface area contributed by atoms with Gasteiger partial charge < -0.3 is 0 Å². The third kappa shape index (κ3) is 9.38. The molecule has 0 saturated carbocycles. The molecule has 1 rings (SSSR count). The first kappa shape index (κ1) is 31.4. The van der Waals surface area contributed by atoms with E-state index in [1.165, 1.54) is 89.9 Å². The molecule has 2 heteroatoms. The Morgan fingerprint density at radius 1 is 0.545 bits per heavy atom. The van der Waals surface area contributed by atoms with E-state index < -0.39 is 18.4 Å². The molecular weight excluding hydrogens is 502 g/mol. The van der Waals surface area contributed by atoms with E-state index >= 15 is 0 Å². The van der Waals surface area contributed by atoms with Crippen LogP contribution in [0.25, 0.3) is 0 Å². The summed E-state index contributed by atoms with van der Waals surface area (Å²) in [6, 6.07) is 0. The topological polar surface area (TPSA) is 0 Å². The molecule has 0 atom stereocenters. The Hall–Kier alpha value is 0.344. The molecule has 0 aromatic heterocycles. The van der Waals surface area contributed by atoms with Crippen molar-refractivity contribution in [3.8, 4) is 0 Å². The summed E-state index contributed by atoms with van der Waals surface area (Å²) in [4.78, 5) is 5.60. The van der Waals surface area contributed by atoms with E-state index in [9.17, 15) is 0 Å². The van der Waals surface area contributed by atoms with Crippen molar-refractivity contribution >= 4 is 25.1 Å². The number of hydrogen-bond acceptors (Lipinski definition) is 0. The Morgan fingerprint density at radius 3 is 1.18 bits per heavy atom. The molecule has 0 fully saturated rings. The van der Waals surface area contributed by atoms with E-state index in [2.05, 4.69) is 65.3 Å². The Bertz CT molecular complexity index is 560. The predicted octanol–water partition coefficient (Wildman–Crippen LogP) is 11.2. The van der Waals surface area contributed by atoms with Crippen LogP contribution in [-0.4, -0.2) is 25.1 Å². The van der Waals surface area contributed by atoms with Crippen molar-refractivity contribution in [2.75, 3.05) is 0 Å². The fraction of sp³-hybridized carbons (Fsp3) is 0.871. The van der Waals surface area contributed by atoms with E-state index in [-0.39, 0.29) is 0 Å². The normalized spacial score (nSPS) is 16.8. The first-order chi connectivity index (χ1) is 15.6. The monoisotopic (exact) mass is 564 g/mol. The van der Waals surface area contributed by atoms with E-state index in [1.54, 1.807) is 0 Å².